The van der Waals surface area contributed by atoms with Crippen LogP contribution in [-0.4, -0.2) is 6.61 Å². The number of aryl methyl sites for hydroxylation is 1. The lowest BCUT2D eigenvalue weighted by Crippen LogP contribution is -1.94. The first-order valence-electron chi connectivity index (χ1n) is 7.81. The molecule has 0 fully saturated rings. The molecule has 0 aliphatic rings. The van der Waals surface area contributed by atoms with Gasteiger partial charge >= 0.3 is 0 Å². The monoisotopic (exact) mass is 314 g/mol. The van der Waals surface area contributed by atoms with Crippen molar-refractivity contribution in [2.75, 3.05) is 6.61 Å². The van der Waals surface area contributed by atoms with E-state index in [2.05, 4.69) is 30.9 Å². The van der Waals surface area contributed by atoms with Crippen molar-refractivity contribution in [3.63, 3.8) is 0 Å². The van der Waals surface area contributed by atoms with E-state index in [4.69, 9.17) is 9.47 Å². The summed E-state index contributed by atoms with van der Waals surface area (Å²) in [4.78, 5) is 0. The zero-order chi connectivity index (χ0) is 16.6. The summed E-state index contributed by atoms with van der Waals surface area (Å²) in [6.07, 6.45) is 0. The summed E-state index contributed by atoms with van der Waals surface area (Å²) in [7, 11) is 0. The van der Waals surface area contributed by atoms with E-state index in [0.717, 1.165) is 22.8 Å². The third kappa shape index (κ3) is 4.66. The number of rotatable bonds is 4. The van der Waals surface area contributed by atoms with Gasteiger partial charge in [-0.15, -0.1) is 0 Å². The molecule has 0 unspecified atom stereocenters. The Labute approximate surface area is 142 Å². The molecule has 24 heavy (non-hydrogen) atoms. The van der Waals surface area contributed by atoms with E-state index in [1.165, 1.54) is 5.56 Å². The molecule has 2 heteroatoms. The number of ether oxygens (including phenoxy) is 2. The largest absolute Gasteiger partial charge is 0.481 e. The first-order chi connectivity index (χ1) is 11.8. The van der Waals surface area contributed by atoms with Crippen LogP contribution in [0.25, 0.3) is 0 Å². The van der Waals surface area contributed by atoms with Crippen LogP contribution in [0.5, 0.6) is 17.2 Å². The van der Waals surface area contributed by atoms with Gasteiger partial charge in [0.2, 0.25) is 0 Å². The van der Waals surface area contributed by atoms with Crippen LogP contribution in [0.4, 0.5) is 0 Å². The van der Waals surface area contributed by atoms with E-state index in [-0.39, 0.29) is 0 Å². The quantitative estimate of drug-likeness (QED) is 0.615. The molecule has 0 saturated heterocycles. The Kier molecular flexibility index (Phi) is 5.17. The van der Waals surface area contributed by atoms with Gasteiger partial charge in [0.1, 0.15) is 23.9 Å². The molecule has 0 saturated carbocycles. The van der Waals surface area contributed by atoms with E-state index < -0.39 is 0 Å². The van der Waals surface area contributed by atoms with Gasteiger partial charge in [-0.25, -0.2) is 0 Å². The Morgan fingerprint density at radius 1 is 0.750 bits per heavy atom. The molecule has 0 amide bonds. The van der Waals surface area contributed by atoms with Gasteiger partial charge in [-0.2, -0.15) is 0 Å². The summed E-state index contributed by atoms with van der Waals surface area (Å²) in [5, 5.41) is 0. The minimum Gasteiger partial charge on any atom is -0.481 e. The molecule has 0 spiro atoms. The SMILES string of the molecule is Cc1cccc(C#CCOc2ccc(Oc3ccccc3)cc2)c1. The van der Waals surface area contributed by atoms with Crippen LogP contribution in [0.2, 0.25) is 0 Å². The van der Waals surface area contributed by atoms with Crippen LogP contribution < -0.4 is 9.47 Å². The number of benzene rings is 3. The van der Waals surface area contributed by atoms with Gasteiger partial charge in [-0.3, -0.25) is 0 Å². The fourth-order valence-corrected chi connectivity index (χ4v) is 2.21. The second kappa shape index (κ2) is 7.89. The van der Waals surface area contributed by atoms with Crippen molar-refractivity contribution >= 4 is 0 Å². The lowest BCUT2D eigenvalue weighted by atomic mass is 10.1. The molecule has 0 aliphatic heterocycles. The molecule has 0 aliphatic carbocycles. The number of para-hydroxylation sites is 1. The minimum atomic E-state index is 0.354. The number of hydrogen-bond donors (Lipinski definition) is 0. The van der Waals surface area contributed by atoms with Crippen molar-refractivity contribution in [2.24, 2.45) is 0 Å². The lowest BCUT2D eigenvalue weighted by molar-refractivity contribution is 0.369. The van der Waals surface area contributed by atoms with E-state index in [0.29, 0.717) is 6.61 Å². The summed E-state index contributed by atoms with van der Waals surface area (Å²) >= 11 is 0. The van der Waals surface area contributed by atoms with Gasteiger partial charge in [0.15, 0.2) is 0 Å². The van der Waals surface area contributed by atoms with E-state index in [1.807, 2.05) is 66.7 Å². The maximum atomic E-state index is 5.74. The lowest BCUT2D eigenvalue weighted by Gasteiger charge is -2.06. The molecule has 3 aromatic carbocycles. The summed E-state index contributed by atoms with van der Waals surface area (Å²) < 4.78 is 11.4. The maximum Gasteiger partial charge on any atom is 0.149 e. The van der Waals surface area contributed by atoms with E-state index in [9.17, 15) is 0 Å². The molecule has 0 N–H and O–H groups in total. The van der Waals surface area contributed by atoms with Gasteiger partial charge < -0.3 is 9.47 Å². The summed E-state index contributed by atoms with van der Waals surface area (Å²) in [6, 6.07) is 25.3. The fraction of sp³-hybridized carbons (Fsp3) is 0.0909. The molecule has 2 nitrogen and oxygen atoms in total. The molecule has 3 aromatic rings. The van der Waals surface area contributed by atoms with Crippen LogP contribution in [0, 0.1) is 18.8 Å². The van der Waals surface area contributed by atoms with Gasteiger partial charge in [0, 0.05) is 5.56 Å². The van der Waals surface area contributed by atoms with Crippen LogP contribution in [0.1, 0.15) is 11.1 Å². The smallest absolute Gasteiger partial charge is 0.149 e. The van der Waals surface area contributed by atoms with E-state index >= 15 is 0 Å². The predicted molar refractivity (Wildman–Crippen MR) is 96.5 cm³/mol. The molecular formula is C22H18O2. The Hall–Kier alpha value is -3.18. The van der Waals surface area contributed by atoms with Crippen LogP contribution in [-0.2, 0) is 0 Å². The van der Waals surface area contributed by atoms with Gasteiger partial charge in [-0.05, 0) is 61.0 Å². The third-order valence-corrected chi connectivity index (χ3v) is 3.36. The Balaban J connectivity index is 1.53. The maximum absolute atomic E-state index is 5.74. The highest BCUT2D eigenvalue weighted by atomic mass is 16.5. The van der Waals surface area contributed by atoms with Crippen molar-refractivity contribution in [1.29, 1.82) is 0 Å². The predicted octanol–water partition coefficient (Wildman–Crippen LogP) is 5.22. The zero-order valence-corrected chi connectivity index (χ0v) is 13.5. The molecular weight excluding hydrogens is 296 g/mol. The minimum absolute atomic E-state index is 0.354. The molecule has 118 valence electrons. The standard InChI is InChI=1S/C22H18O2/c1-18-7-5-8-19(17-18)9-6-16-23-20-12-14-22(15-13-20)24-21-10-3-2-4-11-21/h2-5,7-8,10-15,17H,16H2,1H3. The molecule has 0 heterocycles. The highest BCUT2D eigenvalue weighted by molar-refractivity contribution is 5.38. The zero-order valence-electron chi connectivity index (χ0n) is 13.5. The highest BCUT2D eigenvalue weighted by Gasteiger charge is 1.97. The van der Waals surface area contributed by atoms with Gasteiger partial charge in [0.05, 0.1) is 0 Å². The van der Waals surface area contributed by atoms with E-state index in [1.54, 1.807) is 0 Å². The second-order valence-corrected chi connectivity index (χ2v) is 5.35. The van der Waals surface area contributed by atoms with Crippen molar-refractivity contribution in [3.05, 3.63) is 90.0 Å². The molecule has 0 radical (unpaired) electrons. The summed E-state index contributed by atoms with van der Waals surface area (Å²) in [6.45, 7) is 2.41. The summed E-state index contributed by atoms with van der Waals surface area (Å²) in [5.74, 6) is 8.49. The first kappa shape index (κ1) is 15.7. The van der Waals surface area contributed by atoms with Crippen molar-refractivity contribution in [2.45, 2.75) is 6.92 Å². The second-order valence-electron chi connectivity index (χ2n) is 5.35. The van der Waals surface area contributed by atoms with Crippen molar-refractivity contribution < 1.29 is 9.47 Å². The number of hydrogen-bond acceptors (Lipinski definition) is 2. The average molecular weight is 314 g/mol. The van der Waals surface area contributed by atoms with Crippen LogP contribution >= 0.6 is 0 Å². The fourth-order valence-electron chi connectivity index (χ4n) is 2.21. The van der Waals surface area contributed by atoms with Crippen molar-refractivity contribution in [1.82, 2.24) is 0 Å². The third-order valence-electron chi connectivity index (χ3n) is 3.36. The molecule has 0 aromatic heterocycles. The molecule has 0 bridgehead atoms. The molecule has 3 rings (SSSR count). The van der Waals surface area contributed by atoms with Crippen LogP contribution in [0.15, 0.2) is 78.9 Å². The first-order valence-corrected chi connectivity index (χ1v) is 7.81. The molecule has 0 atom stereocenters. The van der Waals surface area contributed by atoms with Gasteiger partial charge in [0.25, 0.3) is 0 Å². The average Bonchev–Trinajstić information content (AvgIpc) is 2.61. The Morgan fingerprint density at radius 2 is 1.46 bits per heavy atom. The Bertz CT molecular complexity index is 840. The van der Waals surface area contributed by atoms with Crippen molar-refractivity contribution in [3.8, 4) is 29.1 Å². The topological polar surface area (TPSA) is 18.5 Å². The highest BCUT2D eigenvalue weighted by Crippen LogP contribution is 2.23. The van der Waals surface area contributed by atoms with Crippen LogP contribution in [0.3, 0.4) is 0 Å². The summed E-state index contributed by atoms with van der Waals surface area (Å²) in [5.41, 5.74) is 2.21. The Morgan fingerprint density at radius 3 is 2.21 bits per heavy atom. The van der Waals surface area contributed by atoms with Gasteiger partial charge in [-0.1, -0.05) is 42.2 Å². The normalized spacial score (nSPS) is 9.71.